The molecule has 0 saturated carbocycles. The van der Waals surface area contributed by atoms with Gasteiger partial charge in [-0.2, -0.15) is 0 Å². The van der Waals surface area contributed by atoms with Crippen molar-refractivity contribution in [2.45, 2.75) is 37.2 Å². The maximum absolute atomic E-state index is 12.0. The maximum Gasteiger partial charge on any atom is 0.228 e. The third kappa shape index (κ3) is 3.06. The SMILES string of the molecule is CSc1ccc(N2CC(NC(C)C)CC2=O)cc1. The van der Waals surface area contributed by atoms with Crippen LogP contribution in [0.25, 0.3) is 0 Å². The minimum absolute atomic E-state index is 0.213. The van der Waals surface area contributed by atoms with Gasteiger partial charge >= 0.3 is 0 Å². The van der Waals surface area contributed by atoms with E-state index in [4.69, 9.17) is 0 Å². The third-order valence-corrected chi connectivity index (χ3v) is 3.82. The van der Waals surface area contributed by atoms with Crippen LogP contribution in [-0.2, 0) is 4.79 Å². The molecule has 1 aromatic rings. The lowest BCUT2D eigenvalue weighted by molar-refractivity contribution is -0.117. The molecule has 1 unspecified atom stereocenters. The van der Waals surface area contributed by atoms with Crippen molar-refractivity contribution in [2.75, 3.05) is 17.7 Å². The quantitative estimate of drug-likeness (QED) is 0.848. The highest BCUT2D eigenvalue weighted by Gasteiger charge is 2.30. The lowest BCUT2D eigenvalue weighted by atomic mass is 10.2. The lowest BCUT2D eigenvalue weighted by Gasteiger charge is -2.18. The molecule has 1 saturated heterocycles. The molecule has 4 heteroatoms. The van der Waals surface area contributed by atoms with E-state index in [1.54, 1.807) is 11.8 Å². The molecule has 1 heterocycles. The van der Waals surface area contributed by atoms with E-state index in [0.717, 1.165) is 12.2 Å². The number of nitrogens with zero attached hydrogens (tertiary/aromatic N) is 1. The van der Waals surface area contributed by atoms with Gasteiger partial charge in [0.15, 0.2) is 0 Å². The van der Waals surface area contributed by atoms with Crippen LogP contribution in [0.15, 0.2) is 29.2 Å². The summed E-state index contributed by atoms with van der Waals surface area (Å²) < 4.78 is 0. The molecule has 1 aliphatic heterocycles. The van der Waals surface area contributed by atoms with Gasteiger partial charge in [0.05, 0.1) is 0 Å². The van der Waals surface area contributed by atoms with E-state index in [2.05, 4.69) is 37.6 Å². The number of nitrogens with one attached hydrogen (secondary N) is 1. The van der Waals surface area contributed by atoms with Crippen molar-refractivity contribution in [3.8, 4) is 0 Å². The van der Waals surface area contributed by atoms with Crippen LogP contribution in [0.5, 0.6) is 0 Å². The first-order valence-corrected chi connectivity index (χ1v) is 7.53. The summed E-state index contributed by atoms with van der Waals surface area (Å²) in [6.45, 7) is 5.00. The van der Waals surface area contributed by atoms with Crippen molar-refractivity contribution in [3.05, 3.63) is 24.3 Å². The van der Waals surface area contributed by atoms with Gasteiger partial charge < -0.3 is 10.2 Å². The van der Waals surface area contributed by atoms with Gasteiger partial charge in [0.25, 0.3) is 0 Å². The molecule has 1 aliphatic rings. The molecule has 98 valence electrons. The summed E-state index contributed by atoms with van der Waals surface area (Å²) in [6, 6.07) is 8.88. The Morgan fingerprint density at radius 1 is 1.33 bits per heavy atom. The molecule has 1 aromatic carbocycles. The van der Waals surface area contributed by atoms with Crippen LogP contribution in [-0.4, -0.2) is 30.8 Å². The Hall–Kier alpha value is -1.00. The summed E-state index contributed by atoms with van der Waals surface area (Å²) in [6.07, 6.45) is 2.65. The minimum Gasteiger partial charge on any atom is -0.311 e. The van der Waals surface area contributed by atoms with Crippen molar-refractivity contribution in [1.82, 2.24) is 5.32 Å². The summed E-state index contributed by atoms with van der Waals surface area (Å²) in [5, 5.41) is 3.43. The molecule has 0 aliphatic carbocycles. The third-order valence-electron chi connectivity index (χ3n) is 3.08. The first kappa shape index (κ1) is 13.4. The standard InChI is InChI=1S/C14H20N2OS/c1-10(2)15-11-8-14(17)16(9-11)12-4-6-13(18-3)7-5-12/h4-7,10-11,15H,8-9H2,1-3H3. The Balaban J connectivity index is 2.06. The Morgan fingerprint density at radius 3 is 2.56 bits per heavy atom. The van der Waals surface area contributed by atoms with E-state index < -0.39 is 0 Å². The molecule has 0 spiro atoms. The number of carbonyl (C=O) groups excluding carboxylic acids is 1. The maximum atomic E-state index is 12.0. The molecule has 1 fully saturated rings. The molecule has 1 atom stereocenters. The van der Waals surface area contributed by atoms with E-state index in [9.17, 15) is 4.79 Å². The van der Waals surface area contributed by atoms with Crippen molar-refractivity contribution < 1.29 is 4.79 Å². The van der Waals surface area contributed by atoms with Crippen LogP contribution in [0, 0.1) is 0 Å². The largest absolute Gasteiger partial charge is 0.311 e. The highest BCUT2D eigenvalue weighted by Crippen LogP contribution is 2.24. The number of thioether (sulfide) groups is 1. The zero-order chi connectivity index (χ0) is 13.1. The van der Waals surface area contributed by atoms with Crippen molar-refractivity contribution in [3.63, 3.8) is 0 Å². The van der Waals surface area contributed by atoms with E-state index in [1.807, 2.05) is 17.0 Å². The van der Waals surface area contributed by atoms with E-state index in [0.29, 0.717) is 12.5 Å². The van der Waals surface area contributed by atoms with Crippen molar-refractivity contribution in [1.29, 1.82) is 0 Å². The summed E-state index contributed by atoms with van der Waals surface area (Å²) in [4.78, 5) is 15.1. The predicted octanol–water partition coefficient (Wildman–Crippen LogP) is 2.51. The highest BCUT2D eigenvalue weighted by molar-refractivity contribution is 7.98. The molecule has 3 nitrogen and oxygen atoms in total. The average Bonchev–Trinajstić information content (AvgIpc) is 2.69. The van der Waals surface area contributed by atoms with Gasteiger partial charge in [0.1, 0.15) is 0 Å². The molecule has 1 amide bonds. The second-order valence-electron chi connectivity index (χ2n) is 4.92. The fourth-order valence-electron chi connectivity index (χ4n) is 2.30. The number of amides is 1. The number of benzene rings is 1. The van der Waals surface area contributed by atoms with E-state index in [1.165, 1.54) is 4.90 Å². The monoisotopic (exact) mass is 264 g/mol. The molecule has 0 bridgehead atoms. The molecule has 1 N–H and O–H groups in total. The van der Waals surface area contributed by atoms with Gasteiger partial charge in [-0.05, 0) is 30.5 Å². The molecule has 0 radical (unpaired) electrons. The van der Waals surface area contributed by atoms with Gasteiger partial charge in [0.2, 0.25) is 5.91 Å². The van der Waals surface area contributed by atoms with Crippen molar-refractivity contribution in [2.24, 2.45) is 0 Å². The summed E-state index contributed by atoms with van der Waals surface area (Å²) >= 11 is 1.71. The van der Waals surface area contributed by atoms with Crippen LogP contribution in [0.1, 0.15) is 20.3 Å². The number of anilines is 1. The second-order valence-corrected chi connectivity index (χ2v) is 5.80. The zero-order valence-electron chi connectivity index (χ0n) is 11.1. The Kier molecular flexibility index (Phi) is 4.30. The molecule has 2 rings (SSSR count). The molecule has 0 aromatic heterocycles. The van der Waals surface area contributed by atoms with Gasteiger partial charge in [0, 0.05) is 35.6 Å². The average molecular weight is 264 g/mol. The number of hydrogen-bond acceptors (Lipinski definition) is 3. The topological polar surface area (TPSA) is 32.3 Å². The highest BCUT2D eigenvalue weighted by atomic mass is 32.2. The number of hydrogen-bond donors (Lipinski definition) is 1. The van der Waals surface area contributed by atoms with Gasteiger partial charge in [-0.25, -0.2) is 0 Å². The van der Waals surface area contributed by atoms with E-state index >= 15 is 0 Å². The van der Waals surface area contributed by atoms with Gasteiger partial charge in [-0.1, -0.05) is 13.8 Å². The number of carbonyl (C=O) groups is 1. The smallest absolute Gasteiger partial charge is 0.228 e. The number of rotatable bonds is 4. The van der Waals surface area contributed by atoms with Gasteiger partial charge in [-0.15, -0.1) is 11.8 Å². The van der Waals surface area contributed by atoms with Crippen LogP contribution < -0.4 is 10.2 Å². The summed E-state index contributed by atoms with van der Waals surface area (Å²) in [5.74, 6) is 0.213. The van der Waals surface area contributed by atoms with Crippen molar-refractivity contribution >= 4 is 23.4 Å². The van der Waals surface area contributed by atoms with Gasteiger partial charge in [-0.3, -0.25) is 4.79 Å². The second kappa shape index (κ2) is 5.76. The Bertz CT molecular complexity index is 416. The first-order chi connectivity index (χ1) is 8.60. The zero-order valence-corrected chi connectivity index (χ0v) is 12.0. The Morgan fingerprint density at radius 2 is 2.00 bits per heavy atom. The molecule has 18 heavy (non-hydrogen) atoms. The summed E-state index contributed by atoms with van der Waals surface area (Å²) in [5.41, 5.74) is 1.01. The van der Waals surface area contributed by atoms with Crippen LogP contribution in [0.4, 0.5) is 5.69 Å². The lowest BCUT2D eigenvalue weighted by Crippen LogP contribution is -2.37. The van der Waals surface area contributed by atoms with E-state index in [-0.39, 0.29) is 11.9 Å². The summed E-state index contributed by atoms with van der Waals surface area (Å²) in [7, 11) is 0. The molecular weight excluding hydrogens is 244 g/mol. The minimum atomic E-state index is 0.213. The Labute approximate surface area is 113 Å². The normalized spacial score (nSPS) is 19.9. The van der Waals surface area contributed by atoms with Crippen LogP contribution in [0.2, 0.25) is 0 Å². The predicted molar refractivity (Wildman–Crippen MR) is 77.3 cm³/mol. The molecular formula is C14H20N2OS. The fraction of sp³-hybridized carbons (Fsp3) is 0.500. The fourth-order valence-corrected chi connectivity index (χ4v) is 2.71. The van der Waals surface area contributed by atoms with Crippen LogP contribution in [0.3, 0.4) is 0 Å². The first-order valence-electron chi connectivity index (χ1n) is 6.30. The van der Waals surface area contributed by atoms with Crippen LogP contribution >= 0.6 is 11.8 Å².